The fourth-order valence-corrected chi connectivity index (χ4v) is 4.10. The Balaban J connectivity index is 2.10. The highest BCUT2D eigenvalue weighted by Crippen LogP contribution is 2.45. The monoisotopic (exact) mass is 352 g/mol. The number of pyridine rings is 1. The number of carbonyl (C=O) groups excluding carboxylic acids is 1. The SMILES string of the molecule is Cc1cc(N)c2c3c(c(-c4ccccc4)c(=O)[nH]c13)-c1ccccc1C2=O. The summed E-state index contributed by atoms with van der Waals surface area (Å²) < 4.78 is 0. The highest BCUT2D eigenvalue weighted by atomic mass is 16.1. The van der Waals surface area contributed by atoms with Crippen LogP contribution in [0.5, 0.6) is 0 Å². The smallest absolute Gasteiger partial charge is 0.256 e. The second kappa shape index (κ2) is 5.42. The molecule has 0 saturated carbocycles. The molecule has 0 amide bonds. The quantitative estimate of drug-likeness (QED) is 0.442. The van der Waals surface area contributed by atoms with Gasteiger partial charge in [0, 0.05) is 22.2 Å². The summed E-state index contributed by atoms with van der Waals surface area (Å²) in [5.74, 6) is -0.105. The van der Waals surface area contributed by atoms with Gasteiger partial charge in [-0.3, -0.25) is 9.59 Å². The lowest BCUT2D eigenvalue weighted by Gasteiger charge is -2.24. The predicted octanol–water partition coefficient (Wildman–Crippen LogP) is 4.30. The van der Waals surface area contributed by atoms with Gasteiger partial charge in [-0.2, -0.15) is 0 Å². The number of fused-ring (bicyclic) bond motifs is 2. The zero-order chi connectivity index (χ0) is 18.7. The Bertz CT molecular complexity index is 1320. The van der Waals surface area contributed by atoms with Crippen molar-refractivity contribution in [2.24, 2.45) is 0 Å². The number of ketones is 1. The summed E-state index contributed by atoms with van der Waals surface area (Å²) in [7, 11) is 0. The van der Waals surface area contributed by atoms with Crippen molar-refractivity contribution >= 4 is 22.4 Å². The number of aryl methyl sites for hydroxylation is 1. The normalized spacial score (nSPS) is 12.3. The Kier molecular flexibility index (Phi) is 3.13. The Morgan fingerprint density at radius 1 is 0.815 bits per heavy atom. The number of carbonyl (C=O) groups is 1. The second-order valence-electron chi connectivity index (χ2n) is 6.85. The molecule has 4 nitrogen and oxygen atoms in total. The number of nitrogen functional groups attached to an aromatic ring is 1. The lowest BCUT2D eigenvalue weighted by Crippen LogP contribution is -2.19. The minimum absolute atomic E-state index is 0.105. The van der Waals surface area contributed by atoms with E-state index < -0.39 is 0 Å². The molecular formula is C23H16N2O2. The van der Waals surface area contributed by atoms with Crippen molar-refractivity contribution in [2.45, 2.75) is 6.92 Å². The summed E-state index contributed by atoms with van der Waals surface area (Å²) in [5.41, 5.74) is 12.0. The van der Waals surface area contributed by atoms with Gasteiger partial charge < -0.3 is 10.7 Å². The van der Waals surface area contributed by atoms with E-state index in [1.54, 1.807) is 12.1 Å². The molecule has 1 aromatic heterocycles. The summed E-state index contributed by atoms with van der Waals surface area (Å²) in [6.07, 6.45) is 0. The standard InChI is InChI=1S/C23H16N2O2/c1-12-11-16(24)19-20-18(14-9-5-6-10-15(14)22(19)26)17(23(27)25-21(12)20)13-7-3-2-4-8-13/h2-11H,24H2,1H3,(H,25,27). The number of hydrogen-bond acceptors (Lipinski definition) is 3. The Hall–Kier alpha value is -3.66. The predicted molar refractivity (Wildman–Crippen MR) is 108 cm³/mol. The van der Waals surface area contributed by atoms with Gasteiger partial charge in [-0.15, -0.1) is 0 Å². The van der Waals surface area contributed by atoms with E-state index in [-0.39, 0.29) is 11.3 Å². The largest absolute Gasteiger partial charge is 0.398 e. The number of rotatable bonds is 1. The van der Waals surface area contributed by atoms with Gasteiger partial charge in [-0.05, 0) is 29.7 Å². The van der Waals surface area contributed by atoms with Gasteiger partial charge in [0.05, 0.1) is 16.6 Å². The first-order valence-corrected chi connectivity index (χ1v) is 8.76. The Morgan fingerprint density at radius 2 is 1.48 bits per heavy atom. The lowest BCUT2D eigenvalue weighted by molar-refractivity contribution is 0.104. The number of aromatic nitrogens is 1. The van der Waals surface area contributed by atoms with Crippen LogP contribution in [-0.2, 0) is 0 Å². The van der Waals surface area contributed by atoms with E-state index in [0.717, 1.165) is 27.6 Å². The fraction of sp³-hybridized carbons (Fsp3) is 0.0435. The zero-order valence-electron chi connectivity index (χ0n) is 14.7. The summed E-state index contributed by atoms with van der Waals surface area (Å²) in [6.45, 7) is 1.89. The number of hydrogen-bond donors (Lipinski definition) is 2. The van der Waals surface area contributed by atoms with Crippen LogP contribution < -0.4 is 11.3 Å². The van der Waals surface area contributed by atoms with E-state index in [0.29, 0.717) is 27.9 Å². The number of anilines is 1. The summed E-state index contributed by atoms with van der Waals surface area (Å²) in [4.78, 5) is 29.3. The topological polar surface area (TPSA) is 76.0 Å². The maximum Gasteiger partial charge on any atom is 0.256 e. The highest BCUT2D eigenvalue weighted by Gasteiger charge is 2.31. The van der Waals surface area contributed by atoms with E-state index in [1.165, 1.54) is 0 Å². The van der Waals surface area contributed by atoms with Gasteiger partial charge in [-0.25, -0.2) is 0 Å². The molecule has 0 spiro atoms. The van der Waals surface area contributed by atoms with Crippen molar-refractivity contribution in [1.82, 2.24) is 4.98 Å². The summed E-state index contributed by atoms with van der Waals surface area (Å²) in [6, 6.07) is 18.7. The molecule has 0 radical (unpaired) electrons. The van der Waals surface area contributed by atoms with Crippen LogP contribution in [0.2, 0.25) is 0 Å². The molecule has 0 fully saturated rings. The van der Waals surface area contributed by atoms with Gasteiger partial charge in [-0.1, -0.05) is 54.6 Å². The fourth-order valence-electron chi connectivity index (χ4n) is 4.10. The van der Waals surface area contributed by atoms with Crippen molar-refractivity contribution in [2.75, 3.05) is 5.73 Å². The molecule has 0 unspecified atom stereocenters. The Morgan fingerprint density at radius 3 is 2.22 bits per heavy atom. The number of H-pyrrole nitrogens is 1. The number of nitrogens with two attached hydrogens (primary N) is 1. The maximum atomic E-state index is 13.2. The molecule has 1 aliphatic rings. The number of benzene rings is 3. The molecule has 1 heterocycles. The van der Waals surface area contributed by atoms with Crippen molar-refractivity contribution in [1.29, 1.82) is 0 Å². The van der Waals surface area contributed by atoms with Gasteiger partial charge in [0.25, 0.3) is 5.56 Å². The first-order valence-electron chi connectivity index (χ1n) is 8.76. The van der Waals surface area contributed by atoms with E-state index in [9.17, 15) is 9.59 Å². The van der Waals surface area contributed by atoms with Crippen molar-refractivity contribution in [3.8, 4) is 22.3 Å². The number of aromatic amines is 1. The third-order valence-corrected chi connectivity index (χ3v) is 5.25. The number of nitrogens with one attached hydrogen (secondary N) is 1. The van der Waals surface area contributed by atoms with Crippen LogP contribution in [0, 0.1) is 6.92 Å². The average Bonchev–Trinajstić information content (AvgIpc) is 2.68. The molecule has 0 aliphatic heterocycles. The molecule has 0 bridgehead atoms. The van der Waals surface area contributed by atoms with Crippen LogP contribution in [0.3, 0.4) is 0 Å². The van der Waals surface area contributed by atoms with Crippen LogP contribution in [-0.4, -0.2) is 10.8 Å². The van der Waals surface area contributed by atoms with Gasteiger partial charge in [0.15, 0.2) is 5.78 Å². The molecule has 0 saturated heterocycles. The minimum Gasteiger partial charge on any atom is -0.398 e. The molecule has 4 aromatic rings. The Labute approximate surface area is 155 Å². The molecule has 130 valence electrons. The summed E-state index contributed by atoms with van der Waals surface area (Å²) >= 11 is 0. The van der Waals surface area contributed by atoms with Crippen molar-refractivity contribution in [3.63, 3.8) is 0 Å². The summed E-state index contributed by atoms with van der Waals surface area (Å²) in [5, 5.41) is 0.731. The first-order chi connectivity index (χ1) is 13.1. The van der Waals surface area contributed by atoms with Crippen LogP contribution in [0.25, 0.3) is 33.2 Å². The van der Waals surface area contributed by atoms with Crippen LogP contribution in [0.1, 0.15) is 21.5 Å². The molecule has 3 N–H and O–H groups in total. The molecule has 5 rings (SSSR count). The molecule has 27 heavy (non-hydrogen) atoms. The van der Waals surface area contributed by atoms with Crippen LogP contribution in [0.15, 0.2) is 65.5 Å². The van der Waals surface area contributed by atoms with Gasteiger partial charge in [0.1, 0.15) is 0 Å². The van der Waals surface area contributed by atoms with Crippen molar-refractivity contribution < 1.29 is 4.79 Å². The molecule has 4 heteroatoms. The second-order valence-corrected chi connectivity index (χ2v) is 6.85. The van der Waals surface area contributed by atoms with E-state index in [4.69, 9.17) is 5.73 Å². The maximum absolute atomic E-state index is 13.2. The van der Waals surface area contributed by atoms with Gasteiger partial charge in [0.2, 0.25) is 0 Å². The molecular weight excluding hydrogens is 336 g/mol. The molecule has 0 atom stereocenters. The third-order valence-electron chi connectivity index (χ3n) is 5.25. The van der Waals surface area contributed by atoms with E-state index in [2.05, 4.69) is 4.98 Å². The van der Waals surface area contributed by atoms with Crippen LogP contribution in [0.4, 0.5) is 5.69 Å². The zero-order valence-corrected chi connectivity index (χ0v) is 14.7. The van der Waals surface area contributed by atoms with Crippen molar-refractivity contribution in [3.05, 3.63) is 87.7 Å². The average molecular weight is 352 g/mol. The van der Waals surface area contributed by atoms with E-state index in [1.807, 2.05) is 55.5 Å². The lowest BCUT2D eigenvalue weighted by atomic mass is 9.79. The molecule has 3 aromatic carbocycles. The third kappa shape index (κ3) is 2.04. The van der Waals surface area contributed by atoms with E-state index >= 15 is 0 Å². The van der Waals surface area contributed by atoms with Gasteiger partial charge >= 0.3 is 0 Å². The highest BCUT2D eigenvalue weighted by molar-refractivity contribution is 6.29. The minimum atomic E-state index is -0.174. The first kappa shape index (κ1) is 15.6. The van der Waals surface area contributed by atoms with Crippen LogP contribution >= 0.6 is 0 Å². The molecule has 1 aliphatic carbocycles.